The summed E-state index contributed by atoms with van der Waals surface area (Å²) in [5.41, 5.74) is 0. The van der Waals surface area contributed by atoms with Gasteiger partial charge in [-0.2, -0.15) is 0 Å². The number of rotatable bonds is 1. The summed E-state index contributed by atoms with van der Waals surface area (Å²) in [6.45, 7) is 7.55. The quantitative estimate of drug-likeness (QED) is 0.496. The maximum Gasteiger partial charge on any atom is 0.177 e. The molecule has 1 aliphatic rings. The Morgan fingerprint density at radius 2 is 1.67 bits per heavy atom. The highest BCUT2D eigenvalue weighted by molar-refractivity contribution is 4.80. The first-order chi connectivity index (χ1) is 4.24. The normalized spacial score (nSPS) is 43.1. The van der Waals surface area contributed by atoms with E-state index < -0.39 is 0 Å². The molecular formula is C7H12O2. The molecule has 2 heteroatoms. The van der Waals surface area contributed by atoms with Gasteiger partial charge in [-0.15, -0.1) is 0 Å². The van der Waals surface area contributed by atoms with Crippen LogP contribution < -0.4 is 0 Å². The van der Waals surface area contributed by atoms with Crippen molar-refractivity contribution in [3.8, 4) is 0 Å². The molecule has 52 valence electrons. The van der Waals surface area contributed by atoms with Gasteiger partial charge < -0.3 is 9.47 Å². The molecule has 0 radical (unpaired) electrons. The lowest BCUT2D eigenvalue weighted by Crippen LogP contribution is -2.13. The molecule has 0 aromatic rings. The van der Waals surface area contributed by atoms with Gasteiger partial charge in [-0.1, -0.05) is 6.58 Å². The van der Waals surface area contributed by atoms with Crippen LogP contribution in [0.3, 0.4) is 0 Å². The van der Waals surface area contributed by atoms with Gasteiger partial charge in [0.05, 0.1) is 12.2 Å². The van der Waals surface area contributed by atoms with Crippen LogP contribution >= 0.6 is 0 Å². The lowest BCUT2D eigenvalue weighted by atomic mass is 10.3. The summed E-state index contributed by atoms with van der Waals surface area (Å²) in [5, 5.41) is 0. The Labute approximate surface area is 55.5 Å². The lowest BCUT2D eigenvalue weighted by Gasteiger charge is -2.02. The van der Waals surface area contributed by atoms with Crippen molar-refractivity contribution in [3.63, 3.8) is 0 Å². The summed E-state index contributed by atoms with van der Waals surface area (Å²) in [5.74, 6) is 0. The Hall–Kier alpha value is -0.340. The van der Waals surface area contributed by atoms with Crippen LogP contribution in [0.25, 0.3) is 0 Å². The predicted molar refractivity (Wildman–Crippen MR) is 35.1 cm³/mol. The first-order valence-corrected chi connectivity index (χ1v) is 3.17. The van der Waals surface area contributed by atoms with E-state index >= 15 is 0 Å². The average Bonchev–Trinajstić information content (AvgIpc) is 2.13. The van der Waals surface area contributed by atoms with Gasteiger partial charge in [-0.3, -0.25) is 0 Å². The van der Waals surface area contributed by atoms with Gasteiger partial charge in [-0.05, 0) is 19.9 Å². The van der Waals surface area contributed by atoms with Crippen molar-refractivity contribution in [1.82, 2.24) is 0 Å². The van der Waals surface area contributed by atoms with Gasteiger partial charge in [0, 0.05) is 0 Å². The van der Waals surface area contributed by atoms with Crippen molar-refractivity contribution in [2.45, 2.75) is 32.3 Å². The van der Waals surface area contributed by atoms with E-state index in [0.717, 1.165) is 0 Å². The highest BCUT2D eigenvalue weighted by atomic mass is 16.7. The molecule has 0 aliphatic carbocycles. The summed E-state index contributed by atoms with van der Waals surface area (Å²) < 4.78 is 10.6. The van der Waals surface area contributed by atoms with Gasteiger partial charge in [0.2, 0.25) is 0 Å². The first-order valence-electron chi connectivity index (χ1n) is 3.17. The minimum absolute atomic E-state index is 0.185. The smallest absolute Gasteiger partial charge is 0.177 e. The molecule has 9 heavy (non-hydrogen) atoms. The Balaban J connectivity index is 2.43. The van der Waals surface area contributed by atoms with Gasteiger partial charge in [0.25, 0.3) is 0 Å². The molecule has 1 heterocycles. The highest BCUT2D eigenvalue weighted by Gasteiger charge is 2.26. The van der Waals surface area contributed by atoms with E-state index in [9.17, 15) is 0 Å². The van der Waals surface area contributed by atoms with Crippen molar-refractivity contribution in [3.05, 3.63) is 12.7 Å². The van der Waals surface area contributed by atoms with Crippen LogP contribution in [-0.4, -0.2) is 18.5 Å². The van der Waals surface area contributed by atoms with Crippen LogP contribution in [0.4, 0.5) is 0 Å². The summed E-state index contributed by atoms with van der Waals surface area (Å²) in [6.07, 6.45) is 1.89. The van der Waals surface area contributed by atoms with Crippen molar-refractivity contribution < 1.29 is 9.47 Å². The molecule has 1 fully saturated rings. The summed E-state index contributed by atoms with van der Waals surface area (Å²) >= 11 is 0. The Morgan fingerprint density at radius 1 is 1.22 bits per heavy atom. The second-order valence-electron chi connectivity index (χ2n) is 2.29. The van der Waals surface area contributed by atoms with Crippen LogP contribution in [0.15, 0.2) is 12.7 Å². The van der Waals surface area contributed by atoms with E-state index in [1.54, 1.807) is 6.08 Å². The van der Waals surface area contributed by atoms with E-state index in [0.29, 0.717) is 0 Å². The number of hydrogen-bond donors (Lipinski definition) is 0. The van der Waals surface area contributed by atoms with Crippen molar-refractivity contribution >= 4 is 0 Å². The Kier molecular flexibility index (Phi) is 1.88. The van der Waals surface area contributed by atoms with Gasteiger partial charge in [-0.25, -0.2) is 0 Å². The highest BCUT2D eigenvalue weighted by Crippen LogP contribution is 2.18. The third kappa shape index (κ3) is 1.32. The second kappa shape index (κ2) is 2.50. The molecule has 0 bridgehead atoms. The molecule has 1 aliphatic heterocycles. The third-order valence-corrected chi connectivity index (χ3v) is 1.55. The van der Waals surface area contributed by atoms with Crippen LogP contribution in [-0.2, 0) is 9.47 Å². The van der Waals surface area contributed by atoms with E-state index in [4.69, 9.17) is 9.47 Å². The van der Waals surface area contributed by atoms with E-state index in [2.05, 4.69) is 6.58 Å². The molecule has 0 aromatic heterocycles. The molecule has 0 saturated carbocycles. The number of hydrogen-bond acceptors (Lipinski definition) is 2. The molecule has 3 atom stereocenters. The van der Waals surface area contributed by atoms with Gasteiger partial charge in [0.1, 0.15) is 0 Å². The predicted octanol–water partition coefficient (Wildman–Crippen LogP) is 1.32. The maximum atomic E-state index is 5.28. The lowest BCUT2D eigenvalue weighted by molar-refractivity contribution is -0.0240. The molecule has 0 N–H and O–H groups in total. The van der Waals surface area contributed by atoms with Crippen molar-refractivity contribution in [2.75, 3.05) is 0 Å². The minimum Gasteiger partial charge on any atom is -0.343 e. The fraction of sp³-hybridized carbons (Fsp3) is 0.714. The van der Waals surface area contributed by atoms with Crippen LogP contribution in [0.5, 0.6) is 0 Å². The Bertz CT molecular complexity index is 101. The third-order valence-electron chi connectivity index (χ3n) is 1.55. The Morgan fingerprint density at radius 3 is 1.89 bits per heavy atom. The van der Waals surface area contributed by atoms with Crippen LogP contribution in [0.1, 0.15) is 13.8 Å². The maximum absolute atomic E-state index is 5.28. The van der Waals surface area contributed by atoms with E-state index in [-0.39, 0.29) is 18.5 Å². The molecule has 1 saturated heterocycles. The molecule has 1 rings (SSSR count). The van der Waals surface area contributed by atoms with E-state index in [1.165, 1.54) is 0 Å². The topological polar surface area (TPSA) is 18.5 Å². The fourth-order valence-electron chi connectivity index (χ4n) is 0.788. The zero-order valence-corrected chi connectivity index (χ0v) is 5.83. The van der Waals surface area contributed by atoms with Gasteiger partial charge in [0.15, 0.2) is 6.29 Å². The molecule has 0 aromatic carbocycles. The molecule has 2 nitrogen and oxygen atoms in total. The largest absolute Gasteiger partial charge is 0.343 e. The average molecular weight is 128 g/mol. The van der Waals surface area contributed by atoms with E-state index in [1.807, 2.05) is 13.8 Å². The summed E-state index contributed by atoms with van der Waals surface area (Å²) in [7, 11) is 0. The minimum atomic E-state index is -0.185. The SMILES string of the molecule is C=CC1O[C@@H](C)[C@@H](C)O1. The zero-order chi connectivity index (χ0) is 6.85. The van der Waals surface area contributed by atoms with Crippen LogP contribution in [0, 0.1) is 0 Å². The molecule has 1 unspecified atom stereocenters. The first kappa shape index (κ1) is 6.78. The molecule has 0 amide bonds. The molecule has 0 spiro atoms. The molecular weight excluding hydrogens is 116 g/mol. The zero-order valence-electron chi connectivity index (χ0n) is 5.83. The summed E-state index contributed by atoms with van der Waals surface area (Å²) in [6, 6.07) is 0. The monoisotopic (exact) mass is 128 g/mol. The van der Waals surface area contributed by atoms with Gasteiger partial charge >= 0.3 is 0 Å². The standard InChI is InChI=1S/C7H12O2/c1-4-7-8-5(2)6(3)9-7/h4-7H,1H2,2-3H3/t5-,6+,7?. The summed E-state index contributed by atoms with van der Waals surface area (Å²) in [4.78, 5) is 0. The second-order valence-corrected chi connectivity index (χ2v) is 2.29. The van der Waals surface area contributed by atoms with Crippen molar-refractivity contribution in [1.29, 1.82) is 0 Å². The van der Waals surface area contributed by atoms with Crippen LogP contribution in [0.2, 0.25) is 0 Å². The number of ether oxygens (including phenoxy) is 2. The fourth-order valence-corrected chi connectivity index (χ4v) is 0.788. The van der Waals surface area contributed by atoms with Crippen molar-refractivity contribution in [2.24, 2.45) is 0 Å².